The van der Waals surface area contributed by atoms with E-state index in [-0.39, 0.29) is 5.69 Å². The molecule has 8 heteroatoms. The van der Waals surface area contributed by atoms with Crippen molar-refractivity contribution in [1.82, 2.24) is 9.97 Å². The maximum atomic E-state index is 12.7. The zero-order chi connectivity index (χ0) is 19.6. The first-order chi connectivity index (χ1) is 12.7. The summed E-state index contributed by atoms with van der Waals surface area (Å²) in [6.45, 7) is 3.97. The van der Waals surface area contributed by atoms with Gasteiger partial charge in [0.25, 0.3) is 0 Å². The fourth-order valence-electron chi connectivity index (χ4n) is 2.56. The van der Waals surface area contributed by atoms with Gasteiger partial charge in [-0.05, 0) is 49.7 Å². The molecule has 3 rings (SSSR count). The molecule has 140 valence electrons. The minimum Gasteiger partial charge on any atom is -0.393 e. The predicted molar refractivity (Wildman–Crippen MR) is 100 cm³/mol. The summed E-state index contributed by atoms with van der Waals surface area (Å²) in [6, 6.07) is 10.6. The molecule has 0 atom stereocenters. The normalized spacial score (nSPS) is 11.3. The van der Waals surface area contributed by atoms with E-state index in [1.807, 2.05) is 32.0 Å². The van der Waals surface area contributed by atoms with Crippen LogP contribution in [0, 0.1) is 13.8 Å². The second kappa shape index (κ2) is 7.14. The molecule has 4 N–H and O–H groups in total. The van der Waals surface area contributed by atoms with E-state index in [1.165, 1.54) is 18.5 Å². The van der Waals surface area contributed by atoms with Crippen LogP contribution < -0.4 is 16.4 Å². The van der Waals surface area contributed by atoms with Crippen molar-refractivity contribution in [3.63, 3.8) is 0 Å². The predicted octanol–water partition coefficient (Wildman–Crippen LogP) is 5.18. The van der Waals surface area contributed by atoms with Crippen molar-refractivity contribution in [2.75, 3.05) is 16.4 Å². The number of nitrogens with one attached hydrogen (secondary N) is 2. The smallest absolute Gasteiger partial charge is 0.393 e. The SMILES string of the molecule is Cc1ccc(Nc2ncnc(Nc3ccc(C(F)(F)F)cc3)c2N)c(C)c1. The molecule has 5 nitrogen and oxygen atoms in total. The van der Waals surface area contributed by atoms with E-state index < -0.39 is 11.7 Å². The van der Waals surface area contributed by atoms with Crippen LogP contribution in [0.15, 0.2) is 48.8 Å². The minimum absolute atomic E-state index is 0.261. The topological polar surface area (TPSA) is 75.9 Å². The highest BCUT2D eigenvalue weighted by atomic mass is 19.4. The number of nitrogen functional groups attached to an aromatic ring is 1. The summed E-state index contributed by atoms with van der Waals surface area (Å²) in [4.78, 5) is 8.22. The van der Waals surface area contributed by atoms with Crippen molar-refractivity contribution >= 4 is 28.7 Å². The van der Waals surface area contributed by atoms with Crippen LogP contribution in [-0.2, 0) is 6.18 Å². The highest BCUT2D eigenvalue weighted by molar-refractivity contribution is 5.80. The molecule has 0 bridgehead atoms. The number of aromatic nitrogens is 2. The Kier molecular flexibility index (Phi) is 4.89. The van der Waals surface area contributed by atoms with Crippen LogP contribution >= 0.6 is 0 Å². The van der Waals surface area contributed by atoms with Gasteiger partial charge < -0.3 is 16.4 Å². The molecule has 0 radical (unpaired) electrons. The fourth-order valence-corrected chi connectivity index (χ4v) is 2.56. The third-order valence-corrected chi connectivity index (χ3v) is 3.99. The molecule has 0 saturated carbocycles. The van der Waals surface area contributed by atoms with Crippen LogP contribution in [0.4, 0.5) is 41.9 Å². The van der Waals surface area contributed by atoms with Crippen molar-refractivity contribution in [3.8, 4) is 0 Å². The Balaban J connectivity index is 1.82. The standard InChI is InChI=1S/C19H18F3N5/c1-11-3-8-15(12(2)9-11)27-18-16(23)17(24-10-25-18)26-14-6-4-13(5-7-14)19(20,21)22/h3-10H,23H2,1-2H3,(H2,24,25,26,27). The van der Waals surface area contributed by atoms with E-state index in [0.29, 0.717) is 17.3 Å². The molecule has 0 saturated heterocycles. The molecular formula is C19H18F3N5. The molecule has 0 aliphatic heterocycles. The Morgan fingerprint density at radius 3 is 2.11 bits per heavy atom. The molecule has 27 heavy (non-hydrogen) atoms. The molecule has 2 aromatic carbocycles. The molecule has 0 aliphatic rings. The zero-order valence-corrected chi connectivity index (χ0v) is 14.7. The number of halogens is 3. The van der Waals surface area contributed by atoms with Gasteiger partial charge in [-0.25, -0.2) is 9.97 Å². The molecule has 3 aromatic rings. The third-order valence-electron chi connectivity index (χ3n) is 3.99. The lowest BCUT2D eigenvalue weighted by Crippen LogP contribution is -2.07. The first-order valence-corrected chi connectivity index (χ1v) is 8.13. The van der Waals surface area contributed by atoms with Crippen molar-refractivity contribution < 1.29 is 13.2 Å². The number of rotatable bonds is 4. The average molecular weight is 373 g/mol. The van der Waals surface area contributed by atoms with Gasteiger partial charge in [0.05, 0.1) is 5.56 Å². The zero-order valence-electron chi connectivity index (χ0n) is 14.7. The lowest BCUT2D eigenvalue weighted by molar-refractivity contribution is -0.137. The Morgan fingerprint density at radius 2 is 1.52 bits per heavy atom. The van der Waals surface area contributed by atoms with Gasteiger partial charge in [0.2, 0.25) is 0 Å². The summed E-state index contributed by atoms with van der Waals surface area (Å²) in [5.41, 5.74) is 9.13. The fraction of sp³-hybridized carbons (Fsp3) is 0.158. The highest BCUT2D eigenvalue weighted by Gasteiger charge is 2.29. The van der Waals surface area contributed by atoms with E-state index in [2.05, 4.69) is 20.6 Å². The van der Waals surface area contributed by atoms with Gasteiger partial charge in [-0.2, -0.15) is 13.2 Å². The molecule has 0 unspecified atom stereocenters. The molecule has 0 spiro atoms. The summed E-state index contributed by atoms with van der Waals surface area (Å²) >= 11 is 0. The lowest BCUT2D eigenvalue weighted by atomic mass is 10.1. The number of hydrogen-bond donors (Lipinski definition) is 3. The summed E-state index contributed by atoms with van der Waals surface area (Å²) in [5, 5.41) is 6.08. The van der Waals surface area contributed by atoms with Gasteiger partial charge >= 0.3 is 6.18 Å². The Bertz CT molecular complexity index is 953. The maximum Gasteiger partial charge on any atom is 0.416 e. The molecule has 0 amide bonds. The second-order valence-corrected chi connectivity index (χ2v) is 6.13. The van der Waals surface area contributed by atoms with Gasteiger partial charge in [-0.1, -0.05) is 17.7 Å². The van der Waals surface area contributed by atoms with Crippen molar-refractivity contribution in [3.05, 3.63) is 65.5 Å². The number of alkyl halides is 3. The van der Waals surface area contributed by atoms with E-state index in [1.54, 1.807) is 0 Å². The monoisotopic (exact) mass is 373 g/mol. The highest BCUT2D eigenvalue weighted by Crippen LogP contribution is 2.32. The van der Waals surface area contributed by atoms with Gasteiger partial charge in [0, 0.05) is 11.4 Å². The van der Waals surface area contributed by atoms with Gasteiger partial charge in [0.15, 0.2) is 11.6 Å². The summed E-state index contributed by atoms with van der Waals surface area (Å²) < 4.78 is 38.0. The van der Waals surface area contributed by atoms with Crippen molar-refractivity contribution in [2.45, 2.75) is 20.0 Å². The molecule has 1 aromatic heterocycles. The molecule has 0 fully saturated rings. The number of nitrogens with two attached hydrogens (primary N) is 1. The van der Waals surface area contributed by atoms with E-state index in [4.69, 9.17) is 5.73 Å². The first-order valence-electron chi connectivity index (χ1n) is 8.13. The summed E-state index contributed by atoms with van der Waals surface area (Å²) in [6.07, 6.45) is -3.05. The lowest BCUT2D eigenvalue weighted by Gasteiger charge is -2.14. The largest absolute Gasteiger partial charge is 0.416 e. The Morgan fingerprint density at radius 1 is 0.889 bits per heavy atom. The van der Waals surface area contributed by atoms with Crippen molar-refractivity contribution in [1.29, 1.82) is 0 Å². The molecule has 0 aliphatic carbocycles. The van der Waals surface area contributed by atoms with Crippen LogP contribution in [0.5, 0.6) is 0 Å². The Labute approximate surface area is 154 Å². The third kappa shape index (κ3) is 4.28. The summed E-state index contributed by atoms with van der Waals surface area (Å²) in [5.74, 6) is 0.711. The number of hydrogen-bond acceptors (Lipinski definition) is 5. The van der Waals surface area contributed by atoms with Gasteiger partial charge in [0.1, 0.15) is 12.0 Å². The number of anilines is 5. The quantitative estimate of drug-likeness (QED) is 0.587. The second-order valence-electron chi connectivity index (χ2n) is 6.13. The van der Waals surface area contributed by atoms with Crippen LogP contribution in [0.3, 0.4) is 0 Å². The van der Waals surface area contributed by atoms with E-state index in [0.717, 1.165) is 28.9 Å². The molecule has 1 heterocycles. The maximum absolute atomic E-state index is 12.7. The van der Waals surface area contributed by atoms with Gasteiger partial charge in [-0.15, -0.1) is 0 Å². The van der Waals surface area contributed by atoms with Crippen LogP contribution in [0.2, 0.25) is 0 Å². The van der Waals surface area contributed by atoms with Crippen LogP contribution in [0.25, 0.3) is 0 Å². The summed E-state index contributed by atoms with van der Waals surface area (Å²) in [7, 11) is 0. The van der Waals surface area contributed by atoms with Crippen molar-refractivity contribution in [2.24, 2.45) is 0 Å². The number of aryl methyl sites for hydroxylation is 2. The van der Waals surface area contributed by atoms with E-state index in [9.17, 15) is 13.2 Å². The first kappa shape index (κ1) is 18.5. The van der Waals surface area contributed by atoms with E-state index >= 15 is 0 Å². The molecular weight excluding hydrogens is 355 g/mol. The Hall–Kier alpha value is -3.29. The van der Waals surface area contributed by atoms with Gasteiger partial charge in [-0.3, -0.25) is 0 Å². The minimum atomic E-state index is -4.38. The average Bonchev–Trinajstić information content (AvgIpc) is 2.60. The number of nitrogens with zero attached hydrogens (tertiary/aromatic N) is 2. The number of benzene rings is 2. The van der Waals surface area contributed by atoms with Crippen LogP contribution in [-0.4, -0.2) is 9.97 Å². The van der Waals surface area contributed by atoms with Crippen LogP contribution in [0.1, 0.15) is 16.7 Å².